The van der Waals surface area contributed by atoms with E-state index in [0.29, 0.717) is 19.1 Å². The van der Waals surface area contributed by atoms with Gasteiger partial charge in [-0.05, 0) is 12.5 Å². The van der Waals surface area contributed by atoms with Gasteiger partial charge in [0.2, 0.25) is 0 Å². The van der Waals surface area contributed by atoms with E-state index in [1.54, 1.807) is 0 Å². The molecule has 0 aromatic carbocycles. The quantitative estimate of drug-likeness (QED) is 0.808. The fourth-order valence-electron chi connectivity index (χ4n) is 1.71. The van der Waals surface area contributed by atoms with E-state index in [9.17, 15) is 9.18 Å². The van der Waals surface area contributed by atoms with Gasteiger partial charge in [0.1, 0.15) is 11.6 Å². The van der Waals surface area contributed by atoms with Gasteiger partial charge in [-0.1, -0.05) is 0 Å². The molecule has 1 saturated heterocycles. The van der Waals surface area contributed by atoms with Crippen LogP contribution in [0.25, 0.3) is 0 Å². The van der Waals surface area contributed by atoms with Crippen LogP contribution in [0.3, 0.4) is 0 Å². The topological polar surface area (TPSA) is 77.2 Å². The van der Waals surface area contributed by atoms with Crippen LogP contribution >= 0.6 is 0 Å². The third-order valence-electron chi connectivity index (χ3n) is 2.71. The van der Waals surface area contributed by atoms with Gasteiger partial charge in [0.25, 0.3) is 5.91 Å². The molecule has 1 unspecified atom stereocenters. The molecule has 1 aliphatic rings. The van der Waals surface area contributed by atoms with E-state index in [1.807, 2.05) is 0 Å². The summed E-state index contributed by atoms with van der Waals surface area (Å²) in [7, 11) is 0. The number of amides is 1. The zero-order valence-corrected chi connectivity index (χ0v) is 9.28. The van der Waals surface area contributed by atoms with Crippen molar-refractivity contribution in [1.29, 1.82) is 0 Å². The van der Waals surface area contributed by atoms with Crippen molar-refractivity contribution in [3.05, 3.63) is 23.6 Å². The molecule has 1 aromatic heterocycles. The molecule has 5 nitrogen and oxygen atoms in total. The standard InChI is InChI=1S/C11H14FN3O2/c12-8-3-9(10(13)14-5-8)11(16)15-4-7-1-2-17-6-7/h3,5,7H,1-2,4,6H2,(H2,13,14)(H,15,16). The highest BCUT2D eigenvalue weighted by Crippen LogP contribution is 2.12. The number of rotatable bonds is 3. The van der Waals surface area contributed by atoms with E-state index in [4.69, 9.17) is 10.5 Å². The van der Waals surface area contributed by atoms with Crippen LogP contribution in [-0.2, 0) is 4.74 Å². The Labute approximate surface area is 98.2 Å². The first-order valence-corrected chi connectivity index (χ1v) is 5.44. The second-order valence-corrected chi connectivity index (χ2v) is 4.03. The van der Waals surface area contributed by atoms with Crippen molar-refractivity contribution in [3.8, 4) is 0 Å². The maximum atomic E-state index is 12.9. The fraction of sp³-hybridized carbons (Fsp3) is 0.455. The summed E-state index contributed by atoms with van der Waals surface area (Å²) in [5.74, 6) is -0.622. The van der Waals surface area contributed by atoms with E-state index in [1.165, 1.54) is 0 Å². The molecule has 17 heavy (non-hydrogen) atoms. The molecule has 0 bridgehead atoms. The molecule has 1 fully saturated rings. The lowest BCUT2D eigenvalue weighted by molar-refractivity contribution is 0.0945. The summed E-state index contributed by atoms with van der Waals surface area (Å²) in [5.41, 5.74) is 5.58. The lowest BCUT2D eigenvalue weighted by Gasteiger charge is -2.10. The van der Waals surface area contributed by atoms with E-state index >= 15 is 0 Å². The van der Waals surface area contributed by atoms with Gasteiger partial charge in [0.05, 0.1) is 18.4 Å². The van der Waals surface area contributed by atoms with Crippen LogP contribution in [0.4, 0.5) is 10.2 Å². The Morgan fingerprint density at radius 3 is 3.24 bits per heavy atom. The van der Waals surface area contributed by atoms with Crippen molar-refractivity contribution in [2.24, 2.45) is 5.92 Å². The highest BCUT2D eigenvalue weighted by Gasteiger charge is 2.18. The molecule has 2 heterocycles. The summed E-state index contributed by atoms with van der Waals surface area (Å²) in [6.45, 7) is 1.89. The summed E-state index contributed by atoms with van der Waals surface area (Å²) < 4.78 is 18.1. The average Bonchev–Trinajstić information content (AvgIpc) is 2.82. The molecule has 1 atom stereocenters. The lowest BCUT2D eigenvalue weighted by Crippen LogP contribution is -2.30. The first kappa shape index (κ1) is 11.8. The first-order chi connectivity index (χ1) is 8.16. The largest absolute Gasteiger partial charge is 0.383 e. The molecule has 92 valence electrons. The zero-order valence-electron chi connectivity index (χ0n) is 9.28. The van der Waals surface area contributed by atoms with Crippen molar-refractivity contribution in [1.82, 2.24) is 10.3 Å². The third kappa shape index (κ3) is 2.91. The maximum absolute atomic E-state index is 12.9. The summed E-state index contributed by atoms with van der Waals surface area (Å²) in [6, 6.07) is 1.09. The number of halogens is 1. The predicted molar refractivity (Wildman–Crippen MR) is 59.9 cm³/mol. The lowest BCUT2D eigenvalue weighted by atomic mass is 10.1. The number of nitrogens with two attached hydrogens (primary N) is 1. The molecule has 3 N–H and O–H groups in total. The molecule has 0 radical (unpaired) electrons. The number of pyridine rings is 1. The zero-order chi connectivity index (χ0) is 12.3. The fourth-order valence-corrected chi connectivity index (χ4v) is 1.71. The van der Waals surface area contributed by atoms with Gasteiger partial charge in [-0.15, -0.1) is 0 Å². The number of ether oxygens (including phenoxy) is 1. The Kier molecular flexibility index (Phi) is 3.53. The Balaban J connectivity index is 1.96. The highest BCUT2D eigenvalue weighted by atomic mass is 19.1. The Bertz CT molecular complexity index is 419. The smallest absolute Gasteiger partial charge is 0.255 e. The van der Waals surface area contributed by atoms with Gasteiger partial charge < -0.3 is 15.8 Å². The second-order valence-electron chi connectivity index (χ2n) is 4.03. The summed E-state index contributed by atoms with van der Waals surface area (Å²) in [5, 5.41) is 2.70. The van der Waals surface area contributed by atoms with Gasteiger partial charge in [-0.25, -0.2) is 9.37 Å². The van der Waals surface area contributed by atoms with Crippen molar-refractivity contribution in [3.63, 3.8) is 0 Å². The van der Waals surface area contributed by atoms with Crippen LogP contribution in [0.1, 0.15) is 16.8 Å². The van der Waals surface area contributed by atoms with Gasteiger partial charge in [0.15, 0.2) is 0 Å². The number of hydrogen-bond donors (Lipinski definition) is 2. The van der Waals surface area contributed by atoms with E-state index in [0.717, 1.165) is 25.3 Å². The maximum Gasteiger partial charge on any atom is 0.255 e. The number of nitrogens with one attached hydrogen (secondary N) is 1. The predicted octanol–water partition coefficient (Wildman–Crippen LogP) is 0.569. The van der Waals surface area contributed by atoms with Crippen molar-refractivity contribution in [2.75, 3.05) is 25.5 Å². The molecule has 1 amide bonds. The minimum absolute atomic E-state index is 0.0339. The second kappa shape index (κ2) is 5.09. The SMILES string of the molecule is Nc1ncc(F)cc1C(=O)NCC1CCOC1. The number of nitrogen functional groups attached to an aromatic ring is 1. The molecule has 2 rings (SSSR count). The summed E-state index contributed by atoms with van der Waals surface area (Å²) in [6.07, 6.45) is 1.91. The Morgan fingerprint density at radius 2 is 2.53 bits per heavy atom. The number of carbonyl (C=O) groups is 1. The molecular formula is C11H14FN3O2. The molecule has 1 aromatic rings. The average molecular weight is 239 g/mol. The van der Waals surface area contributed by atoms with Crippen LogP contribution in [0, 0.1) is 11.7 Å². The summed E-state index contributed by atoms with van der Waals surface area (Å²) >= 11 is 0. The number of hydrogen-bond acceptors (Lipinski definition) is 4. The van der Waals surface area contributed by atoms with Gasteiger partial charge in [-0.3, -0.25) is 4.79 Å². The normalized spacial score (nSPS) is 19.2. The first-order valence-electron chi connectivity index (χ1n) is 5.44. The van der Waals surface area contributed by atoms with E-state index < -0.39 is 11.7 Å². The van der Waals surface area contributed by atoms with Gasteiger partial charge in [-0.2, -0.15) is 0 Å². The molecule has 0 saturated carbocycles. The minimum Gasteiger partial charge on any atom is -0.383 e. The van der Waals surface area contributed by atoms with Crippen LogP contribution in [0.2, 0.25) is 0 Å². The molecule has 0 aliphatic carbocycles. The molecule has 1 aliphatic heterocycles. The van der Waals surface area contributed by atoms with Gasteiger partial charge in [0, 0.05) is 19.1 Å². The van der Waals surface area contributed by atoms with Crippen LogP contribution < -0.4 is 11.1 Å². The van der Waals surface area contributed by atoms with Crippen LogP contribution in [0.5, 0.6) is 0 Å². The van der Waals surface area contributed by atoms with Crippen LogP contribution in [-0.4, -0.2) is 30.6 Å². The number of anilines is 1. The van der Waals surface area contributed by atoms with Crippen molar-refractivity contribution < 1.29 is 13.9 Å². The third-order valence-corrected chi connectivity index (χ3v) is 2.71. The molecule has 0 spiro atoms. The molecule has 6 heteroatoms. The summed E-state index contributed by atoms with van der Waals surface area (Å²) in [4.78, 5) is 15.3. The number of nitrogens with zero attached hydrogens (tertiary/aromatic N) is 1. The minimum atomic E-state index is -0.575. The Morgan fingerprint density at radius 1 is 1.71 bits per heavy atom. The number of carbonyl (C=O) groups excluding carboxylic acids is 1. The monoisotopic (exact) mass is 239 g/mol. The highest BCUT2D eigenvalue weighted by molar-refractivity contribution is 5.98. The van der Waals surface area contributed by atoms with Gasteiger partial charge >= 0.3 is 0 Å². The molecular weight excluding hydrogens is 225 g/mol. The number of aromatic nitrogens is 1. The van der Waals surface area contributed by atoms with Crippen LogP contribution in [0.15, 0.2) is 12.3 Å². The van der Waals surface area contributed by atoms with E-state index in [-0.39, 0.29) is 11.4 Å². The van der Waals surface area contributed by atoms with Crippen molar-refractivity contribution in [2.45, 2.75) is 6.42 Å². The Hall–Kier alpha value is -1.69. The van der Waals surface area contributed by atoms with Crippen molar-refractivity contribution >= 4 is 11.7 Å². The van der Waals surface area contributed by atoms with E-state index in [2.05, 4.69) is 10.3 Å².